The third-order valence-electron chi connectivity index (χ3n) is 5.88. The lowest BCUT2D eigenvalue weighted by Gasteiger charge is -2.13. The molecule has 1 unspecified atom stereocenters. The van der Waals surface area contributed by atoms with Crippen molar-refractivity contribution >= 4 is 95.5 Å². The normalized spacial score (nSPS) is 11.9. The van der Waals surface area contributed by atoms with Gasteiger partial charge in [-0.15, -0.1) is 22.7 Å². The molecule has 0 fully saturated rings. The molecule has 216 valence electrons. The lowest BCUT2D eigenvalue weighted by atomic mass is 10.2. The minimum atomic E-state index is -0.433. The van der Waals surface area contributed by atoms with E-state index < -0.39 is 10.2 Å². The number of thioether (sulfide) groups is 2. The molecule has 0 saturated carbocycles. The van der Waals surface area contributed by atoms with Gasteiger partial charge in [0, 0.05) is 23.5 Å². The smallest absolute Gasteiger partial charge is 0.270 e. The first-order valence-electron chi connectivity index (χ1n) is 12.9. The molecule has 0 aliphatic heterocycles. The number of ether oxygens (including phenoxy) is 1. The molecular weight excluding hydrogens is 615 g/mol. The Morgan fingerprint density at radius 2 is 1.60 bits per heavy atom. The zero-order chi connectivity index (χ0) is 29.6. The SMILES string of the molecule is CCOc1ccc(NC(=O)CSc2nc3ccc(NC(=O)C(CC)Sc4nc5ccc([N+](=O)[O-])cc5s4)cc3s2)cc1. The van der Waals surface area contributed by atoms with Gasteiger partial charge in [-0.25, -0.2) is 9.97 Å². The molecule has 0 aliphatic rings. The van der Waals surface area contributed by atoms with Gasteiger partial charge in [0.1, 0.15) is 5.75 Å². The lowest BCUT2D eigenvalue weighted by Crippen LogP contribution is -2.24. The molecule has 14 heteroatoms. The highest BCUT2D eigenvalue weighted by atomic mass is 32.2. The highest BCUT2D eigenvalue weighted by molar-refractivity contribution is 8.02. The van der Waals surface area contributed by atoms with Crippen molar-refractivity contribution in [3.05, 3.63) is 70.8 Å². The largest absolute Gasteiger partial charge is 0.494 e. The van der Waals surface area contributed by atoms with Crippen molar-refractivity contribution in [1.29, 1.82) is 0 Å². The molecule has 2 heterocycles. The number of nitrogens with one attached hydrogen (secondary N) is 2. The van der Waals surface area contributed by atoms with Gasteiger partial charge in [-0.2, -0.15) is 0 Å². The number of amides is 2. The zero-order valence-corrected chi connectivity index (χ0v) is 25.8. The summed E-state index contributed by atoms with van der Waals surface area (Å²) in [5, 5.41) is 16.5. The number of carbonyl (C=O) groups excluding carboxylic acids is 2. The Kier molecular flexibility index (Phi) is 9.57. The van der Waals surface area contributed by atoms with Crippen molar-refractivity contribution in [2.75, 3.05) is 23.0 Å². The van der Waals surface area contributed by atoms with E-state index in [2.05, 4.69) is 20.6 Å². The second kappa shape index (κ2) is 13.5. The van der Waals surface area contributed by atoms with Gasteiger partial charge in [-0.05, 0) is 61.9 Å². The average Bonchev–Trinajstić information content (AvgIpc) is 3.58. The van der Waals surface area contributed by atoms with Gasteiger partial charge >= 0.3 is 0 Å². The maximum atomic E-state index is 13.1. The van der Waals surface area contributed by atoms with Crippen LogP contribution in [0.1, 0.15) is 20.3 Å². The third-order valence-corrected chi connectivity index (χ3v) is 10.5. The molecule has 2 N–H and O–H groups in total. The Morgan fingerprint density at radius 1 is 0.929 bits per heavy atom. The third kappa shape index (κ3) is 7.37. The maximum Gasteiger partial charge on any atom is 0.270 e. The Balaban J connectivity index is 1.17. The fraction of sp³-hybridized carbons (Fsp3) is 0.214. The predicted octanol–water partition coefficient (Wildman–Crippen LogP) is 7.45. The van der Waals surface area contributed by atoms with Gasteiger partial charge < -0.3 is 15.4 Å². The van der Waals surface area contributed by atoms with E-state index in [4.69, 9.17) is 4.74 Å². The van der Waals surface area contributed by atoms with Crippen LogP contribution in [0.5, 0.6) is 5.75 Å². The molecular formula is C28H25N5O5S4. The van der Waals surface area contributed by atoms with Gasteiger partial charge in [-0.3, -0.25) is 19.7 Å². The maximum absolute atomic E-state index is 13.1. The summed E-state index contributed by atoms with van der Waals surface area (Å²) in [6.45, 7) is 4.43. The average molecular weight is 640 g/mol. The van der Waals surface area contributed by atoms with Gasteiger partial charge in [-0.1, -0.05) is 30.4 Å². The molecule has 5 rings (SSSR count). The van der Waals surface area contributed by atoms with Crippen molar-refractivity contribution in [3.8, 4) is 5.75 Å². The molecule has 1 atom stereocenters. The summed E-state index contributed by atoms with van der Waals surface area (Å²) in [6, 6.07) is 17.3. The number of non-ortho nitro benzene ring substituents is 1. The van der Waals surface area contributed by atoms with E-state index in [0.717, 1.165) is 20.3 Å². The number of nitrogens with zero attached hydrogens (tertiary/aromatic N) is 3. The van der Waals surface area contributed by atoms with E-state index >= 15 is 0 Å². The second-order valence-corrected chi connectivity index (χ2v) is 13.6. The number of benzene rings is 3. The van der Waals surface area contributed by atoms with Crippen LogP contribution >= 0.6 is 46.2 Å². The number of fused-ring (bicyclic) bond motifs is 2. The lowest BCUT2D eigenvalue weighted by molar-refractivity contribution is -0.384. The van der Waals surface area contributed by atoms with Crippen LogP contribution in [0, 0.1) is 10.1 Å². The summed E-state index contributed by atoms with van der Waals surface area (Å²) < 4.78 is 8.47. The summed E-state index contributed by atoms with van der Waals surface area (Å²) in [4.78, 5) is 45.3. The summed E-state index contributed by atoms with van der Waals surface area (Å²) in [5.41, 5.74) is 2.82. The summed E-state index contributed by atoms with van der Waals surface area (Å²) in [5.74, 6) is 0.677. The first-order valence-corrected chi connectivity index (χ1v) is 16.4. The van der Waals surface area contributed by atoms with Crippen molar-refractivity contribution in [2.45, 2.75) is 34.2 Å². The van der Waals surface area contributed by atoms with Gasteiger partial charge in [0.15, 0.2) is 8.68 Å². The molecule has 2 aromatic heterocycles. The first kappa shape index (κ1) is 29.8. The Labute approximate surface area is 257 Å². The van der Waals surface area contributed by atoms with E-state index in [9.17, 15) is 19.7 Å². The number of nitro groups is 1. The van der Waals surface area contributed by atoms with E-state index in [-0.39, 0.29) is 23.3 Å². The van der Waals surface area contributed by atoms with Gasteiger partial charge in [0.2, 0.25) is 11.8 Å². The molecule has 0 radical (unpaired) electrons. The number of aromatic nitrogens is 2. The first-order chi connectivity index (χ1) is 20.3. The monoisotopic (exact) mass is 639 g/mol. The number of nitro benzene ring substituents is 1. The number of hydrogen-bond donors (Lipinski definition) is 2. The van der Waals surface area contributed by atoms with E-state index in [1.807, 2.05) is 38.1 Å². The van der Waals surface area contributed by atoms with E-state index in [0.29, 0.717) is 39.0 Å². The van der Waals surface area contributed by atoms with Crippen molar-refractivity contribution in [1.82, 2.24) is 9.97 Å². The van der Waals surface area contributed by atoms with Crippen LogP contribution < -0.4 is 15.4 Å². The van der Waals surface area contributed by atoms with Crippen LogP contribution in [0.4, 0.5) is 17.1 Å². The summed E-state index contributed by atoms with van der Waals surface area (Å²) in [7, 11) is 0. The second-order valence-electron chi connectivity index (χ2n) is 8.85. The number of thiazole rings is 2. The molecule has 5 aromatic rings. The van der Waals surface area contributed by atoms with Crippen LogP contribution in [0.3, 0.4) is 0 Å². The minimum Gasteiger partial charge on any atom is -0.494 e. The molecule has 0 bridgehead atoms. The van der Waals surface area contributed by atoms with Crippen LogP contribution in [-0.2, 0) is 9.59 Å². The number of rotatable bonds is 12. The fourth-order valence-corrected chi connectivity index (χ4v) is 8.07. The van der Waals surface area contributed by atoms with Crippen molar-refractivity contribution in [3.63, 3.8) is 0 Å². The molecule has 0 aliphatic carbocycles. The molecule has 0 spiro atoms. The standard InChI is InChI=1S/C28H25N5O5S4/c1-3-22(40-28-32-21-12-8-18(33(36)37)14-24(21)42-28)26(35)30-17-7-11-20-23(13-17)41-27(31-20)39-15-25(34)29-16-5-9-19(10-6-16)38-4-2/h5-14,22H,3-4,15H2,1-2H3,(H,29,34)(H,30,35). The highest BCUT2D eigenvalue weighted by Crippen LogP contribution is 2.36. The van der Waals surface area contributed by atoms with Crippen molar-refractivity contribution in [2.24, 2.45) is 0 Å². The summed E-state index contributed by atoms with van der Waals surface area (Å²) >= 11 is 5.49. The van der Waals surface area contributed by atoms with E-state index in [1.54, 1.807) is 24.3 Å². The Morgan fingerprint density at radius 3 is 2.31 bits per heavy atom. The molecule has 3 aromatic carbocycles. The fourth-order valence-electron chi connectivity index (χ4n) is 3.89. The number of carbonyl (C=O) groups is 2. The highest BCUT2D eigenvalue weighted by Gasteiger charge is 2.21. The molecule has 2 amide bonds. The minimum absolute atomic E-state index is 0.0136. The van der Waals surface area contributed by atoms with E-state index in [1.165, 1.54) is 58.3 Å². The van der Waals surface area contributed by atoms with Gasteiger partial charge in [0.05, 0.1) is 43.0 Å². The molecule has 42 heavy (non-hydrogen) atoms. The predicted molar refractivity (Wildman–Crippen MR) is 171 cm³/mol. The van der Waals surface area contributed by atoms with Crippen LogP contribution in [0.25, 0.3) is 20.4 Å². The summed E-state index contributed by atoms with van der Waals surface area (Å²) in [6.07, 6.45) is 0.578. The quantitative estimate of drug-likeness (QED) is 0.0810. The van der Waals surface area contributed by atoms with Crippen LogP contribution in [0.2, 0.25) is 0 Å². The van der Waals surface area contributed by atoms with Crippen LogP contribution in [0.15, 0.2) is 69.3 Å². The number of anilines is 2. The Bertz CT molecular complexity index is 1760. The topological polar surface area (TPSA) is 136 Å². The zero-order valence-electron chi connectivity index (χ0n) is 22.5. The number of hydrogen-bond acceptors (Lipinski definition) is 11. The molecule has 0 saturated heterocycles. The van der Waals surface area contributed by atoms with Crippen molar-refractivity contribution < 1.29 is 19.2 Å². The van der Waals surface area contributed by atoms with Gasteiger partial charge in [0.25, 0.3) is 5.69 Å². The van der Waals surface area contributed by atoms with Crippen LogP contribution in [-0.4, -0.2) is 44.3 Å². The Hall–Kier alpha value is -3.72. The molecule has 10 nitrogen and oxygen atoms in total.